The maximum Gasteiger partial charge on any atom is 0.180 e. The topological polar surface area (TPSA) is 38.1 Å². The normalized spacial score (nSPS) is 12.6. The summed E-state index contributed by atoms with van der Waals surface area (Å²) < 4.78 is 5.14. The lowest BCUT2D eigenvalue weighted by molar-refractivity contribution is 0.458. The van der Waals surface area contributed by atoms with E-state index in [9.17, 15) is 0 Å². The average Bonchev–Trinajstić information content (AvgIpc) is 2.79. The number of nitrogens with zero attached hydrogens (tertiary/aromatic N) is 1. The van der Waals surface area contributed by atoms with Gasteiger partial charge in [0.15, 0.2) is 6.39 Å². The van der Waals surface area contributed by atoms with E-state index in [0.29, 0.717) is 6.54 Å². The summed E-state index contributed by atoms with van der Waals surface area (Å²) >= 11 is 6.10. The quantitative estimate of drug-likeness (QED) is 0.886. The molecular formula is C12H13ClN2O. The lowest BCUT2D eigenvalue weighted by Gasteiger charge is -2.14. The van der Waals surface area contributed by atoms with Crippen LogP contribution in [0.5, 0.6) is 0 Å². The highest BCUT2D eigenvalue weighted by molar-refractivity contribution is 6.31. The van der Waals surface area contributed by atoms with Crippen LogP contribution in [0.25, 0.3) is 0 Å². The van der Waals surface area contributed by atoms with Crippen LogP contribution in [0.15, 0.2) is 41.3 Å². The number of benzene rings is 1. The molecule has 1 heterocycles. The monoisotopic (exact) mass is 236 g/mol. The molecular weight excluding hydrogens is 224 g/mol. The molecule has 0 aliphatic rings. The third-order valence-corrected chi connectivity index (χ3v) is 2.78. The first kappa shape index (κ1) is 11.2. The number of halogens is 1. The molecule has 1 unspecified atom stereocenters. The molecule has 2 aromatic rings. The van der Waals surface area contributed by atoms with Crippen molar-refractivity contribution in [3.05, 3.63) is 53.2 Å². The van der Waals surface area contributed by atoms with Crippen LogP contribution in [-0.2, 0) is 6.54 Å². The molecule has 2 rings (SSSR count). The highest BCUT2D eigenvalue weighted by Crippen LogP contribution is 2.22. The molecule has 1 atom stereocenters. The van der Waals surface area contributed by atoms with E-state index in [4.69, 9.17) is 16.0 Å². The Morgan fingerprint density at radius 2 is 2.25 bits per heavy atom. The Bertz CT molecular complexity index is 442. The Morgan fingerprint density at radius 1 is 1.44 bits per heavy atom. The van der Waals surface area contributed by atoms with Crippen molar-refractivity contribution in [2.24, 2.45) is 0 Å². The van der Waals surface area contributed by atoms with Crippen molar-refractivity contribution < 1.29 is 4.42 Å². The van der Waals surface area contributed by atoms with Crippen molar-refractivity contribution in [2.45, 2.75) is 19.5 Å². The number of hydrogen-bond acceptors (Lipinski definition) is 3. The highest BCUT2D eigenvalue weighted by atomic mass is 35.5. The summed E-state index contributed by atoms with van der Waals surface area (Å²) in [6, 6.07) is 7.99. The molecule has 0 aliphatic carbocycles. The molecule has 84 valence electrons. The van der Waals surface area contributed by atoms with Gasteiger partial charge in [0.2, 0.25) is 0 Å². The minimum Gasteiger partial charge on any atom is -0.447 e. The Balaban J connectivity index is 1.98. The maximum absolute atomic E-state index is 6.10. The van der Waals surface area contributed by atoms with Crippen LogP contribution in [0, 0.1) is 0 Å². The van der Waals surface area contributed by atoms with Gasteiger partial charge in [-0.1, -0.05) is 29.8 Å². The maximum atomic E-state index is 6.10. The van der Waals surface area contributed by atoms with E-state index in [1.807, 2.05) is 24.3 Å². The molecule has 0 saturated heterocycles. The fraction of sp³-hybridized carbons (Fsp3) is 0.250. The second-order valence-electron chi connectivity index (χ2n) is 3.59. The summed E-state index contributed by atoms with van der Waals surface area (Å²) in [7, 11) is 0. The number of nitrogens with one attached hydrogen (secondary N) is 1. The zero-order chi connectivity index (χ0) is 11.4. The van der Waals surface area contributed by atoms with Crippen LogP contribution in [0.4, 0.5) is 0 Å². The van der Waals surface area contributed by atoms with Crippen LogP contribution in [0.3, 0.4) is 0 Å². The Labute approximate surface area is 99.5 Å². The number of hydrogen-bond donors (Lipinski definition) is 1. The van der Waals surface area contributed by atoms with Crippen molar-refractivity contribution in [3.8, 4) is 0 Å². The molecule has 1 N–H and O–H groups in total. The van der Waals surface area contributed by atoms with Crippen LogP contribution in [-0.4, -0.2) is 4.98 Å². The van der Waals surface area contributed by atoms with Crippen molar-refractivity contribution in [2.75, 3.05) is 0 Å². The Hall–Kier alpha value is -1.32. The summed E-state index contributed by atoms with van der Waals surface area (Å²) in [5, 5.41) is 4.10. The molecule has 4 heteroatoms. The Kier molecular flexibility index (Phi) is 3.59. The van der Waals surface area contributed by atoms with Crippen molar-refractivity contribution in [3.63, 3.8) is 0 Å². The molecule has 16 heavy (non-hydrogen) atoms. The van der Waals surface area contributed by atoms with E-state index >= 15 is 0 Å². The average molecular weight is 237 g/mol. The first-order chi connectivity index (χ1) is 7.77. The first-order valence-corrected chi connectivity index (χ1v) is 5.50. The fourth-order valence-corrected chi connectivity index (χ4v) is 1.82. The molecule has 3 nitrogen and oxygen atoms in total. The number of aromatic nitrogens is 1. The number of oxazole rings is 1. The molecule has 0 saturated carbocycles. The van der Waals surface area contributed by atoms with Gasteiger partial charge in [-0.2, -0.15) is 0 Å². The predicted octanol–water partition coefficient (Wildman–Crippen LogP) is 3.18. The van der Waals surface area contributed by atoms with Gasteiger partial charge in [0, 0.05) is 11.1 Å². The molecule has 0 aliphatic heterocycles. The van der Waals surface area contributed by atoms with Gasteiger partial charge >= 0.3 is 0 Å². The van der Waals surface area contributed by atoms with Gasteiger partial charge in [-0.05, 0) is 18.6 Å². The van der Waals surface area contributed by atoms with E-state index in [1.54, 1.807) is 6.20 Å². The minimum atomic E-state index is 0.179. The molecule has 1 aromatic heterocycles. The van der Waals surface area contributed by atoms with E-state index < -0.39 is 0 Å². The van der Waals surface area contributed by atoms with E-state index in [1.165, 1.54) is 6.39 Å². The van der Waals surface area contributed by atoms with Gasteiger partial charge in [0.1, 0.15) is 5.76 Å². The summed E-state index contributed by atoms with van der Waals surface area (Å²) in [6.45, 7) is 2.71. The van der Waals surface area contributed by atoms with Crippen LogP contribution >= 0.6 is 11.6 Å². The highest BCUT2D eigenvalue weighted by Gasteiger charge is 2.08. The lowest BCUT2D eigenvalue weighted by Crippen LogP contribution is -2.18. The first-order valence-electron chi connectivity index (χ1n) is 5.12. The van der Waals surface area contributed by atoms with E-state index in [2.05, 4.69) is 17.2 Å². The zero-order valence-corrected chi connectivity index (χ0v) is 9.74. The molecule has 0 radical (unpaired) electrons. The summed E-state index contributed by atoms with van der Waals surface area (Å²) in [5.74, 6) is 0.818. The lowest BCUT2D eigenvalue weighted by atomic mass is 10.1. The second kappa shape index (κ2) is 5.14. The van der Waals surface area contributed by atoms with Crippen LogP contribution in [0.2, 0.25) is 5.02 Å². The van der Waals surface area contributed by atoms with Gasteiger partial charge in [-0.15, -0.1) is 0 Å². The minimum absolute atomic E-state index is 0.179. The third kappa shape index (κ3) is 2.62. The van der Waals surface area contributed by atoms with Gasteiger partial charge in [0.25, 0.3) is 0 Å². The van der Waals surface area contributed by atoms with Gasteiger partial charge in [-0.25, -0.2) is 4.98 Å². The van der Waals surface area contributed by atoms with Crippen molar-refractivity contribution in [1.82, 2.24) is 10.3 Å². The predicted molar refractivity (Wildman–Crippen MR) is 63.2 cm³/mol. The van der Waals surface area contributed by atoms with Crippen molar-refractivity contribution >= 4 is 11.6 Å². The van der Waals surface area contributed by atoms with Gasteiger partial charge < -0.3 is 9.73 Å². The summed E-state index contributed by atoms with van der Waals surface area (Å²) in [6.07, 6.45) is 3.13. The smallest absolute Gasteiger partial charge is 0.180 e. The Morgan fingerprint density at radius 3 is 2.94 bits per heavy atom. The molecule has 0 amide bonds. The van der Waals surface area contributed by atoms with Crippen molar-refractivity contribution in [1.29, 1.82) is 0 Å². The SMILES string of the molecule is CC(NCc1cnco1)c1ccccc1Cl. The van der Waals surface area contributed by atoms with Crippen LogP contribution < -0.4 is 5.32 Å². The number of rotatable bonds is 4. The van der Waals surface area contributed by atoms with E-state index in [0.717, 1.165) is 16.3 Å². The third-order valence-electron chi connectivity index (χ3n) is 2.44. The zero-order valence-electron chi connectivity index (χ0n) is 8.98. The molecule has 0 bridgehead atoms. The summed E-state index contributed by atoms with van der Waals surface area (Å²) in [5.41, 5.74) is 1.09. The molecule has 0 spiro atoms. The second-order valence-corrected chi connectivity index (χ2v) is 4.00. The van der Waals surface area contributed by atoms with Gasteiger partial charge in [-0.3, -0.25) is 0 Å². The van der Waals surface area contributed by atoms with Gasteiger partial charge in [0.05, 0.1) is 12.7 Å². The fourth-order valence-electron chi connectivity index (χ4n) is 1.52. The molecule has 1 aromatic carbocycles. The van der Waals surface area contributed by atoms with Crippen LogP contribution in [0.1, 0.15) is 24.3 Å². The standard InChI is InChI=1S/C12H13ClN2O/c1-9(11-4-2-3-5-12(11)13)15-7-10-6-14-8-16-10/h2-6,8-9,15H,7H2,1H3. The molecule has 0 fully saturated rings. The van der Waals surface area contributed by atoms with E-state index in [-0.39, 0.29) is 6.04 Å². The summed E-state index contributed by atoms with van der Waals surface area (Å²) in [4.78, 5) is 3.86. The largest absolute Gasteiger partial charge is 0.447 e.